The number of fused-ring (bicyclic) bond motifs is 2. The summed E-state index contributed by atoms with van der Waals surface area (Å²) in [5.41, 5.74) is 1.40. The zero-order valence-corrected chi connectivity index (χ0v) is 16.5. The van der Waals surface area contributed by atoms with Gasteiger partial charge in [0.15, 0.2) is 11.5 Å². The standard InChI is InChI=1S/C23H21NO6/c1-13-21(14-4-7-18-20(11-14)28-10-9-27-18)22(25)16-6-5-15(12-19(16)29-13)30-23(26)17-3-2-8-24-17/h4-7,11-12,17,24H,2-3,8-10H2,1H3. The lowest BCUT2D eigenvalue weighted by atomic mass is 10.0. The number of rotatable bonds is 3. The maximum atomic E-state index is 13.2. The van der Waals surface area contributed by atoms with Gasteiger partial charge in [-0.2, -0.15) is 0 Å². The first-order chi connectivity index (χ1) is 14.6. The van der Waals surface area contributed by atoms with Gasteiger partial charge in [-0.05, 0) is 56.1 Å². The van der Waals surface area contributed by atoms with E-state index in [1.54, 1.807) is 37.3 Å². The summed E-state index contributed by atoms with van der Waals surface area (Å²) in [6, 6.07) is 9.97. The molecule has 0 aliphatic carbocycles. The predicted molar refractivity (Wildman–Crippen MR) is 110 cm³/mol. The molecule has 0 bridgehead atoms. The lowest BCUT2D eigenvalue weighted by molar-refractivity contribution is -0.136. The van der Waals surface area contributed by atoms with Crippen LogP contribution in [-0.2, 0) is 4.79 Å². The summed E-state index contributed by atoms with van der Waals surface area (Å²) < 4.78 is 22.6. The molecule has 0 radical (unpaired) electrons. The first-order valence-electron chi connectivity index (χ1n) is 10.0. The van der Waals surface area contributed by atoms with Gasteiger partial charge in [-0.3, -0.25) is 4.79 Å². The molecule has 154 valence electrons. The smallest absolute Gasteiger partial charge is 0.328 e. The van der Waals surface area contributed by atoms with Crippen molar-refractivity contribution in [1.82, 2.24) is 5.32 Å². The normalized spacial score (nSPS) is 17.8. The van der Waals surface area contributed by atoms with Crippen LogP contribution < -0.4 is 25.0 Å². The molecule has 5 rings (SSSR count). The van der Waals surface area contributed by atoms with Crippen LogP contribution in [0.15, 0.2) is 45.6 Å². The highest BCUT2D eigenvalue weighted by Crippen LogP contribution is 2.35. The number of nitrogens with one attached hydrogen (secondary N) is 1. The second-order valence-electron chi connectivity index (χ2n) is 7.45. The second kappa shape index (κ2) is 7.50. The first-order valence-corrected chi connectivity index (χ1v) is 10.0. The number of hydrogen-bond donors (Lipinski definition) is 1. The molecule has 7 nitrogen and oxygen atoms in total. The van der Waals surface area contributed by atoms with Gasteiger partial charge in [0.25, 0.3) is 0 Å². The Bertz CT molecular complexity index is 1190. The van der Waals surface area contributed by atoms with Crippen LogP contribution in [0.2, 0.25) is 0 Å². The predicted octanol–water partition coefficient (Wildman–Crippen LogP) is 3.20. The summed E-state index contributed by atoms with van der Waals surface area (Å²) >= 11 is 0. The molecule has 1 atom stereocenters. The Kier molecular flexibility index (Phi) is 4.67. The Morgan fingerprint density at radius 3 is 2.73 bits per heavy atom. The van der Waals surface area contributed by atoms with Crippen molar-refractivity contribution in [1.29, 1.82) is 0 Å². The third-order valence-corrected chi connectivity index (χ3v) is 5.43. The molecule has 2 aliphatic rings. The third-order valence-electron chi connectivity index (χ3n) is 5.43. The summed E-state index contributed by atoms with van der Waals surface area (Å²) in [4.78, 5) is 25.5. The van der Waals surface area contributed by atoms with Gasteiger partial charge < -0.3 is 23.9 Å². The van der Waals surface area contributed by atoms with E-state index < -0.39 is 0 Å². The van der Waals surface area contributed by atoms with E-state index in [0.29, 0.717) is 58.3 Å². The molecular formula is C23H21NO6. The molecule has 0 saturated carbocycles. The summed E-state index contributed by atoms with van der Waals surface area (Å²) in [6.07, 6.45) is 1.72. The van der Waals surface area contributed by atoms with E-state index in [1.807, 2.05) is 6.07 Å². The average molecular weight is 407 g/mol. The highest BCUT2D eigenvalue weighted by molar-refractivity contribution is 5.85. The fourth-order valence-corrected chi connectivity index (χ4v) is 3.95. The Morgan fingerprint density at radius 1 is 1.10 bits per heavy atom. The molecule has 2 aliphatic heterocycles. The van der Waals surface area contributed by atoms with Gasteiger partial charge in [-0.15, -0.1) is 0 Å². The highest BCUT2D eigenvalue weighted by atomic mass is 16.6. The topological polar surface area (TPSA) is 87.0 Å². The minimum absolute atomic E-state index is 0.152. The molecule has 3 aromatic rings. The van der Waals surface area contributed by atoms with Gasteiger partial charge in [0.05, 0.1) is 10.9 Å². The van der Waals surface area contributed by atoms with Crippen LogP contribution in [0.4, 0.5) is 0 Å². The minimum Gasteiger partial charge on any atom is -0.486 e. The third kappa shape index (κ3) is 3.31. The van der Waals surface area contributed by atoms with Gasteiger partial charge >= 0.3 is 5.97 Å². The van der Waals surface area contributed by atoms with Gasteiger partial charge in [0, 0.05) is 6.07 Å². The minimum atomic E-state index is -0.321. The lowest BCUT2D eigenvalue weighted by Crippen LogP contribution is -2.34. The molecule has 0 spiro atoms. The van der Waals surface area contributed by atoms with E-state index in [9.17, 15) is 9.59 Å². The Hall–Kier alpha value is -3.32. The molecule has 3 heterocycles. The van der Waals surface area contributed by atoms with Crippen LogP contribution in [-0.4, -0.2) is 31.8 Å². The van der Waals surface area contributed by atoms with Gasteiger partial charge in [-0.1, -0.05) is 6.07 Å². The van der Waals surface area contributed by atoms with Crippen molar-refractivity contribution in [3.8, 4) is 28.4 Å². The van der Waals surface area contributed by atoms with Crippen molar-refractivity contribution in [2.75, 3.05) is 19.8 Å². The van der Waals surface area contributed by atoms with E-state index in [0.717, 1.165) is 19.4 Å². The summed E-state index contributed by atoms with van der Waals surface area (Å²) in [7, 11) is 0. The van der Waals surface area contributed by atoms with Crippen LogP contribution in [0.5, 0.6) is 17.2 Å². The van der Waals surface area contributed by atoms with Gasteiger partial charge in [0.2, 0.25) is 5.43 Å². The van der Waals surface area contributed by atoms with Crippen molar-refractivity contribution < 1.29 is 23.4 Å². The SMILES string of the molecule is Cc1oc2cc(OC(=O)C3CCCN3)ccc2c(=O)c1-c1ccc2c(c1)OCCO2. The van der Waals surface area contributed by atoms with Crippen molar-refractivity contribution in [3.63, 3.8) is 0 Å². The van der Waals surface area contributed by atoms with Crippen molar-refractivity contribution in [2.45, 2.75) is 25.8 Å². The average Bonchev–Trinajstić information content (AvgIpc) is 3.28. The monoisotopic (exact) mass is 407 g/mol. The van der Waals surface area contributed by atoms with Crippen molar-refractivity contribution in [3.05, 3.63) is 52.4 Å². The molecular weight excluding hydrogens is 386 g/mol. The Labute approximate surface area is 172 Å². The quantitative estimate of drug-likeness (QED) is 0.527. The van der Waals surface area contributed by atoms with E-state index in [2.05, 4.69) is 5.32 Å². The molecule has 1 unspecified atom stereocenters. The summed E-state index contributed by atoms with van der Waals surface area (Å²) in [5.74, 6) is 1.79. The Morgan fingerprint density at radius 2 is 1.93 bits per heavy atom. The molecule has 2 aromatic carbocycles. The number of aryl methyl sites for hydroxylation is 1. The number of carbonyl (C=O) groups is 1. The van der Waals surface area contributed by atoms with Gasteiger partial charge in [-0.25, -0.2) is 4.79 Å². The lowest BCUT2D eigenvalue weighted by Gasteiger charge is -2.19. The number of carbonyl (C=O) groups excluding carboxylic acids is 1. The molecule has 1 aromatic heterocycles. The largest absolute Gasteiger partial charge is 0.486 e. The van der Waals surface area contributed by atoms with Crippen molar-refractivity contribution in [2.24, 2.45) is 0 Å². The molecule has 7 heteroatoms. The summed E-state index contributed by atoms with van der Waals surface area (Å²) in [6.45, 7) is 3.54. The zero-order valence-electron chi connectivity index (χ0n) is 16.5. The molecule has 1 N–H and O–H groups in total. The van der Waals surface area contributed by atoms with Gasteiger partial charge in [0.1, 0.15) is 36.3 Å². The van der Waals surface area contributed by atoms with Crippen LogP contribution in [0.25, 0.3) is 22.1 Å². The van der Waals surface area contributed by atoms with E-state index >= 15 is 0 Å². The first kappa shape index (κ1) is 18.7. The number of ether oxygens (including phenoxy) is 3. The van der Waals surface area contributed by atoms with Crippen LogP contribution in [0.1, 0.15) is 18.6 Å². The van der Waals surface area contributed by atoms with Crippen LogP contribution in [0.3, 0.4) is 0 Å². The van der Waals surface area contributed by atoms with Crippen molar-refractivity contribution >= 4 is 16.9 Å². The number of benzene rings is 2. The molecule has 0 amide bonds. The molecule has 1 saturated heterocycles. The second-order valence-corrected chi connectivity index (χ2v) is 7.45. The van der Waals surface area contributed by atoms with E-state index in [1.165, 1.54) is 0 Å². The van der Waals surface area contributed by atoms with Crippen LogP contribution >= 0.6 is 0 Å². The Balaban J connectivity index is 1.51. The molecule has 30 heavy (non-hydrogen) atoms. The number of esters is 1. The number of hydrogen-bond acceptors (Lipinski definition) is 7. The fraction of sp³-hybridized carbons (Fsp3) is 0.304. The molecule has 1 fully saturated rings. The van der Waals surface area contributed by atoms with E-state index in [-0.39, 0.29) is 17.4 Å². The fourth-order valence-electron chi connectivity index (χ4n) is 3.95. The van der Waals surface area contributed by atoms with E-state index in [4.69, 9.17) is 18.6 Å². The zero-order chi connectivity index (χ0) is 20.7. The van der Waals surface area contributed by atoms with Crippen LogP contribution in [0, 0.1) is 6.92 Å². The highest BCUT2D eigenvalue weighted by Gasteiger charge is 2.24. The maximum absolute atomic E-state index is 13.2. The maximum Gasteiger partial charge on any atom is 0.328 e. The summed E-state index contributed by atoms with van der Waals surface area (Å²) in [5, 5.41) is 3.53.